The smallest absolute Gasteiger partial charge is 0.426 e. The van der Waals surface area contributed by atoms with Gasteiger partial charge in [0.05, 0.1) is 56.4 Å². The van der Waals surface area contributed by atoms with Crippen molar-refractivity contribution in [2.45, 2.75) is 92.2 Å². The van der Waals surface area contributed by atoms with Gasteiger partial charge in [0.2, 0.25) is 11.8 Å². The molecule has 0 spiro atoms. The Morgan fingerprint density at radius 2 is 1.67 bits per heavy atom. The van der Waals surface area contributed by atoms with E-state index in [0.29, 0.717) is 46.8 Å². The number of carboxylic acid groups (broad SMARTS) is 1. The first-order chi connectivity index (χ1) is 37.2. The van der Waals surface area contributed by atoms with Crippen LogP contribution in [0.3, 0.4) is 0 Å². The van der Waals surface area contributed by atoms with Gasteiger partial charge < -0.3 is 49.3 Å². The second kappa shape index (κ2) is 27.0. The SMILES string of the molecule is C=CC1=C(C)C2/C=C3\N/C(=C\C4=NC(=C\c5[nH]c(c(C)c5CCC(=O)NNC(=O)OCCSSC[C@@H](NC(=O)CCOCCC(C)C)C(=O)O)/C=C/1N2C)/C(CCC(=O)OC)=C4C)[C@]1(C)C3=CC=C(C(=O)OC)[C@@H]1C(=O)OC. The Morgan fingerprint density at radius 1 is 0.910 bits per heavy atom. The molecule has 4 atom stereocenters. The number of carbonyl (C=O) groups excluding carboxylic acids is 6. The molecule has 78 heavy (non-hydrogen) atoms. The van der Waals surface area contributed by atoms with Gasteiger partial charge in [-0.3, -0.25) is 24.6 Å². The lowest BCUT2D eigenvalue weighted by atomic mass is 9.64. The summed E-state index contributed by atoms with van der Waals surface area (Å²) in [6.45, 7) is 16.8. The van der Waals surface area contributed by atoms with Crippen molar-refractivity contribution in [2.75, 3.05) is 59.7 Å². The molecule has 5 aliphatic rings. The zero-order valence-corrected chi connectivity index (χ0v) is 47.5. The number of aromatic amines is 1. The van der Waals surface area contributed by atoms with Gasteiger partial charge in [0, 0.05) is 72.9 Å². The molecular formula is C56H71N7O13S2. The Morgan fingerprint density at radius 3 is 2.35 bits per heavy atom. The number of nitrogens with one attached hydrogen (secondary N) is 5. The highest BCUT2D eigenvalue weighted by molar-refractivity contribution is 8.76. The summed E-state index contributed by atoms with van der Waals surface area (Å²) in [4.78, 5) is 101. The summed E-state index contributed by atoms with van der Waals surface area (Å²) in [6, 6.07) is -1.40. The number of esters is 3. The summed E-state index contributed by atoms with van der Waals surface area (Å²) in [5.41, 5.74) is 14.1. The number of carbonyl (C=O) groups is 7. The van der Waals surface area contributed by atoms with Crippen molar-refractivity contribution < 1.29 is 62.4 Å². The highest BCUT2D eigenvalue weighted by atomic mass is 33.1. The Balaban J connectivity index is 1.23. The summed E-state index contributed by atoms with van der Waals surface area (Å²) >= 11 is 0. The number of aromatic nitrogens is 1. The predicted octanol–water partition coefficient (Wildman–Crippen LogP) is 6.86. The zero-order chi connectivity index (χ0) is 57.0. The number of aliphatic carboxylic acids is 1. The van der Waals surface area contributed by atoms with E-state index in [1.165, 1.54) is 42.9 Å². The molecule has 6 rings (SSSR count). The number of H-pyrrole nitrogens is 1. The molecule has 1 aromatic heterocycles. The second-order valence-electron chi connectivity index (χ2n) is 19.7. The van der Waals surface area contributed by atoms with Crippen molar-refractivity contribution in [3.8, 4) is 0 Å². The number of methoxy groups -OCH3 is 3. The van der Waals surface area contributed by atoms with E-state index in [1.807, 2.05) is 65.1 Å². The summed E-state index contributed by atoms with van der Waals surface area (Å²) < 4.78 is 26.3. The molecule has 22 heteroatoms. The number of hydrazine groups is 1. The number of allylic oxidation sites excluding steroid dienone is 8. The van der Waals surface area contributed by atoms with Crippen molar-refractivity contribution in [3.63, 3.8) is 0 Å². The fourth-order valence-corrected chi connectivity index (χ4v) is 11.9. The molecule has 20 nitrogen and oxygen atoms in total. The van der Waals surface area contributed by atoms with Crippen LogP contribution in [0.2, 0.25) is 0 Å². The quantitative estimate of drug-likeness (QED) is 0.0215. The van der Waals surface area contributed by atoms with E-state index in [0.717, 1.165) is 56.8 Å². The third-order valence-corrected chi connectivity index (χ3v) is 16.8. The van der Waals surface area contributed by atoms with Gasteiger partial charge in [0.1, 0.15) is 18.6 Å². The number of nitrogens with zero attached hydrogens (tertiary/aromatic N) is 2. The number of aliphatic imine (C=N–C) groups is 1. The fraction of sp³-hybridized carbons (Fsp3) is 0.464. The van der Waals surface area contributed by atoms with Crippen LogP contribution in [-0.2, 0) is 58.9 Å². The first-order valence-electron chi connectivity index (χ1n) is 25.6. The van der Waals surface area contributed by atoms with E-state index in [-0.39, 0.29) is 62.7 Å². The molecule has 1 fully saturated rings. The first kappa shape index (κ1) is 60.2. The molecule has 420 valence electrons. The van der Waals surface area contributed by atoms with Crippen LogP contribution < -0.4 is 21.5 Å². The van der Waals surface area contributed by atoms with Gasteiger partial charge in [0.25, 0.3) is 0 Å². The average molecular weight is 1110 g/mol. The van der Waals surface area contributed by atoms with E-state index >= 15 is 0 Å². The number of hydrogen-bond donors (Lipinski definition) is 6. The molecule has 0 saturated carbocycles. The van der Waals surface area contributed by atoms with Crippen LogP contribution in [0.15, 0.2) is 98.2 Å². The lowest BCUT2D eigenvalue weighted by Crippen LogP contribution is -2.42. The van der Waals surface area contributed by atoms with Crippen LogP contribution in [0.1, 0.15) is 89.2 Å². The standard InChI is InChI=1S/C56H71N7O13S2/c1-12-34-33(6)45-27-43-38-16-13-37(53(69)73-10)51(54(70)74-11)56(38,7)47(59-43)28-40-32(5)36(15-18-50(66)72-9)42(58-40)25-41-35(31(4)39(57-41)26-46(34)63(45)8)14-17-49(65)61-62-55(71)76-23-24-77-78-29-44(52(67)68)60-48(64)20-22-75-21-19-30(2)3/h12-13,16,25-28,30,44-45,51,57,59H,1,14-15,17-24,29H2,2-11H3,(H,60,64)(H,61,65)(H,62,71)(H,67,68)/b42-25-,43-27-,46-26-,47-28-/t44-,45?,51-,56+/m1/s1. The monoisotopic (exact) mass is 1110 g/mol. The summed E-state index contributed by atoms with van der Waals surface area (Å²) in [5.74, 6) is -4.05. The van der Waals surface area contributed by atoms with E-state index in [1.54, 1.807) is 6.08 Å². The first-order valence-corrected chi connectivity index (χ1v) is 28.1. The molecule has 1 unspecified atom stereocenters. The van der Waals surface area contributed by atoms with Gasteiger partial charge in [-0.05, 0) is 116 Å². The van der Waals surface area contributed by atoms with Gasteiger partial charge in [-0.2, -0.15) is 0 Å². The maximum absolute atomic E-state index is 13.9. The van der Waals surface area contributed by atoms with E-state index in [9.17, 15) is 38.7 Å². The third-order valence-electron chi connectivity index (χ3n) is 14.4. The molecule has 6 N–H and O–H groups in total. The second-order valence-corrected chi connectivity index (χ2v) is 22.3. The number of fused-ring (bicyclic) bond motifs is 10. The van der Waals surface area contributed by atoms with Crippen molar-refractivity contribution in [3.05, 3.63) is 116 Å². The van der Waals surface area contributed by atoms with Crippen LogP contribution in [0.5, 0.6) is 0 Å². The van der Waals surface area contributed by atoms with Gasteiger partial charge in [0.15, 0.2) is 0 Å². The third kappa shape index (κ3) is 13.8. The average Bonchev–Trinajstić information content (AvgIpc) is 4.05. The Labute approximate surface area is 462 Å². The van der Waals surface area contributed by atoms with Crippen molar-refractivity contribution >= 4 is 81.2 Å². The van der Waals surface area contributed by atoms with Gasteiger partial charge >= 0.3 is 30.0 Å². The Bertz CT molecular complexity index is 2880. The van der Waals surface area contributed by atoms with Crippen molar-refractivity contribution in [1.29, 1.82) is 0 Å². The van der Waals surface area contributed by atoms with E-state index < -0.39 is 59.2 Å². The number of carboxylic acids is 1. The minimum atomic E-state index is -1.18. The van der Waals surface area contributed by atoms with Gasteiger partial charge in [-0.1, -0.05) is 60.2 Å². The Kier molecular flexibility index (Phi) is 20.9. The maximum atomic E-state index is 13.9. The predicted molar refractivity (Wildman–Crippen MR) is 299 cm³/mol. The highest BCUT2D eigenvalue weighted by Gasteiger charge is 2.55. The van der Waals surface area contributed by atoms with Crippen molar-refractivity contribution in [1.82, 2.24) is 31.4 Å². The molecular weight excluding hydrogens is 1040 g/mol. The van der Waals surface area contributed by atoms with Crippen LogP contribution in [0.4, 0.5) is 4.79 Å². The topological polar surface area (TPSA) is 265 Å². The number of likely N-dealkylation sites (N-methyl/N-ethyl adjacent to an activating group) is 1. The fourth-order valence-electron chi connectivity index (χ4n) is 9.89. The minimum absolute atomic E-state index is 0.0435. The van der Waals surface area contributed by atoms with Gasteiger partial charge in [-0.15, -0.1) is 0 Å². The minimum Gasteiger partial charge on any atom is -0.480 e. The van der Waals surface area contributed by atoms with Crippen LogP contribution in [0, 0.1) is 24.2 Å². The lowest BCUT2D eigenvalue weighted by Gasteiger charge is -2.36. The van der Waals surface area contributed by atoms with Gasteiger partial charge in [-0.25, -0.2) is 24.8 Å². The largest absolute Gasteiger partial charge is 0.480 e. The molecule has 1 saturated heterocycles. The summed E-state index contributed by atoms with van der Waals surface area (Å²) in [5, 5.41) is 15.8. The number of amides is 3. The number of ether oxygens (including phenoxy) is 5. The molecule has 0 radical (unpaired) electrons. The van der Waals surface area contributed by atoms with Crippen LogP contribution in [0.25, 0.3) is 12.2 Å². The molecule has 0 aromatic carbocycles. The maximum Gasteiger partial charge on any atom is 0.426 e. The lowest BCUT2D eigenvalue weighted by molar-refractivity contribution is -0.150. The highest BCUT2D eigenvalue weighted by Crippen LogP contribution is 2.55. The van der Waals surface area contributed by atoms with Crippen LogP contribution >= 0.6 is 21.6 Å². The van der Waals surface area contributed by atoms with E-state index in [4.69, 9.17) is 28.7 Å². The van der Waals surface area contributed by atoms with E-state index in [2.05, 4.69) is 57.9 Å². The Hall–Kier alpha value is -7.04. The molecule has 3 amide bonds. The van der Waals surface area contributed by atoms with Crippen molar-refractivity contribution in [2.24, 2.45) is 22.2 Å². The molecule has 5 heterocycles. The zero-order valence-electron chi connectivity index (χ0n) is 45.9. The molecule has 1 aromatic rings. The number of rotatable bonds is 23. The van der Waals surface area contributed by atoms with Crippen LogP contribution in [-0.4, -0.2) is 134 Å². The summed E-state index contributed by atoms with van der Waals surface area (Å²) in [7, 11) is 8.33. The molecule has 1 aliphatic carbocycles. The number of hydrogen-bond acceptors (Lipinski definition) is 17. The molecule has 4 aliphatic heterocycles. The summed E-state index contributed by atoms with van der Waals surface area (Å²) in [6.07, 6.45) is 13.7. The molecule has 8 bridgehead atoms. The normalized spacial score (nSPS) is 22.3.